The Morgan fingerprint density at radius 2 is 0.921 bits per heavy atom. The van der Waals surface area contributed by atoms with E-state index in [2.05, 4.69) is 91.1 Å². The molecule has 0 atom stereocenters. The molecule has 0 saturated carbocycles. The maximum absolute atomic E-state index is 12.7. The molecule has 24 heteroatoms. The van der Waals surface area contributed by atoms with Crippen LogP contribution in [0.25, 0.3) is 67.5 Å². The third-order valence-electron chi connectivity index (χ3n) is 8.57. The zero-order valence-electron chi connectivity index (χ0n) is 32.4. The Morgan fingerprint density at radius 3 is 1.52 bits per heavy atom. The van der Waals surface area contributed by atoms with Crippen molar-refractivity contribution in [3.8, 4) is 23.4 Å². The van der Waals surface area contributed by atoms with Crippen LogP contribution >= 0.6 is 0 Å². The average molecular weight is 841 g/mol. The van der Waals surface area contributed by atoms with Gasteiger partial charge in [0.1, 0.15) is 38.9 Å². The maximum Gasteiger partial charge on any atom is 0.252 e. The molecule has 0 aromatic carbocycles. The third-order valence-corrected chi connectivity index (χ3v) is 8.57. The Hall–Kier alpha value is -9.48. The van der Waals surface area contributed by atoms with Gasteiger partial charge in [0.05, 0.1) is 66.3 Å². The lowest BCUT2D eigenvalue weighted by Gasteiger charge is -1.99. The fourth-order valence-electron chi connectivity index (χ4n) is 5.70. The van der Waals surface area contributed by atoms with Crippen LogP contribution in [0.3, 0.4) is 0 Å². The van der Waals surface area contributed by atoms with E-state index in [-0.39, 0.29) is 11.8 Å². The number of aryl methyl sites for hydroxylation is 1. The van der Waals surface area contributed by atoms with E-state index >= 15 is 0 Å². The van der Waals surface area contributed by atoms with Crippen LogP contribution < -0.4 is 0 Å². The highest BCUT2D eigenvalue weighted by molar-refractivity contribution is 5.76. The van der Waals surface area contributed by atoms with E-state index in [0.717, 1.165) is 63.1 Å². The van der Waals surface area contributed by atoms with Crippen molar-refractivity contribution >= 4 is 44.1 Å². The van der Waals surface area contributed by atoms with Gasteiger partial charge in [0.15, 0.2) is 11.6 Å². The van der Waals surface area contributed by atoms with E-state index in [0.29, 0.717) is 22.8 Å². The van der Waals surface area contributed by atoms with Gasteiger partial charge in [0, 0.05) is 42.9 Å². The number of halogens is 2. The molecule has 0 aliphatic carbocycles. The van der Waals surface area contributed by atoms with E-state index in [9.17, 15) is 8.78 Å². The maximum atomic E-state index is 12.7. The quantitative estimate of drug-likeness (QED) is 0.240. The van der Waals surface area contributed by atoms with Gasteiger partial charge < -0.3 is 0 Å². The SMILES string of the molecule is Cc1cc2c(cn1)nnn2-c1ncc(F)cn1.Fc1ccc(-n2nnc3cnccc32)nc1.c1cnc(-n2nnc3cnccc32)nc1.c1cncc(-n2nnc3cnccc32)c1. The van der Waals surface area contributed by atoms with Gasteiger partial charge in [-0.3, -0.25) is 24.9 Å². The Labute approximate surface area is 351 Å². The monoisotopic (exact) mass is 840 g/mol. The molecule has 0 fully saturated rings. The molecule has 12 aromatic rings. The molecule has 306 valence electrons. The lowest BCUT2D eigenvalue weighted by molar-refractivity contribution is 0.608. The summed E-state index contributed by atoms with van der Waals surface area (Å²) >= 11 is 0. The number of rotatable bonds is 4. The zero-order chi connectivity index (χ0) is 43.0. The van der Waals surface area contributed by atoms with Gasteiger partial charge in [0.25, 0.3) is 11.9 Å². The highest BCUT2D eigenvalue weighted by Crippen LogP contribution is 2.16. The molecule has 63 heavy (non-hydrogen) atoms. The standard InChI is InChI=1S/C10H7FN6.C10H6FN5.C10H7N5.C9H6N6/c1-6-2-9-8(5-12-6)15-16-17(9)10-13-3-7(11)4-14-10;11-7-1-2-10(13-5-7)16-9-3-4-12-6-8(9)14-15-16;1-2-8(6-11-4-1)15-10-3-5-12-7-9(10)13-14-15;1-3-11-9(12-4-1)15-8-2-5-10-6-7(8)13-14-15/h2-5H,1H3;1-6H;1-7H;1-6H. The zero-order valence-corrected chi connectivity index (χ0v) is 32.4. The second-order valence-corrected chi connectivity index (χ2v) is 12.7. The van der Waals surface area contributed by atoms with Crippen molar-refractivity contribution in [2.45, 2.75) is 6.92 Å². The molecular weight excluding hydrogens is 815 g/mol. The molecule has 0 amide bonds. The first kappa shape index (κ1) is 39.0. The van der Waals surface area contributed by atoms with Crippen molar-refractivity contribution in [1.29, 1.82) is 0 Å². The molecule has 0 bridgehead atoms. The third kappa shape index (κ3) is 8.65. The van der Waals surface area contributed by atoms with Crippen LogP contribution in [-0.2, 0) is 0 Å². The van der Waals surface area contributed by atoms with Crippen LogP contribution in [0.4, 0.5) is 8.78 Å². The first-order valence-corrected chi connectivity index (χ1v) is 18.4. The Morgan fingerprint density at radius 1 is 0.397 bits per heavy atom. The molecule has 0 spiro atoms. The van der Waals surface area contributed by atoms with Crippen LogP contribution in [0.2, 0.25) is 0 Å². The van der Waals surface area contributed by atoms with Crippen LogP contribution in [-0.4, -0.2) is 110 Å². The normalized spacial score (nSPS) is 10.8. The Bertz CT molecular complexity index is 3280. The highest BCUT2D eigenvalue weighted by atomic mass is 19.1. The summed E-state index contributed by atoms with van der Waals surface area (Å²) in [5, 5.41) is 31.7. The van der Waals surface area contributed by atoms with Gasteiger partial charge in [-0.25, -0.2) is 38.4 Å². The molecule has 0 radical (unpaired) electrons. The molecule has 12 rings (SSSR count). The summed E-state index contributed by atoms with van der Waals surface area (Å²) in [5.74, 6) is 0.437. The summed E-state index contributed by atoms with van der Waals surface area (Å²) < 4.78 is 31.8. The number of hydrogen-bond donors (Lipinski definition) is 0. The number of hydrogen-bond acceptors (Lipinski definition) is 18. The van der Waals surface area contributed by atoms with E-state index < -0.39 is 5.82 Å². The predicted molar refractivity (Wildman–Crippen MR) is 218 cm³/mol. The average Bonchev–Trinajstić information content (AvgIpc) is 4.16. The van der Waals surface area contributed by atoms with Crippen molar-refractivity contribution in [1.82, 2.24) is 110 Å². The Kier molecular flexibility index (Phi) is 11.0. The first-order valence-electron chi connectivity index (χ1n) is 18.4. The summed E-state index contributed by atoms with van der Waals surface area (Å²) in [4.78, 5) is 39.9. The van der Waals surface area contributed by atoms with E-state index in [1.54, 1.807) is 95.7 Å². The number of aromatic nitrogens is 22. The molecule has 12 aromatic heterocycles. The van der Waals surface area contributed by atoms with E-state index in [1.807, 2.05) is 37.3 Å². The fraction of sp³-hybridized carbons (Fsp3) is 0.0256. The van der Waals surface area contributed by atoms with Gasteiger partial charge in [-0.15, -0.1) is 20.4 Å². The van der Waals surface area contributed by atoms with Crippen molar-refractivity contribution in [2.75, 3.05) is 0 Å². The predicted octanol–water partition coefficient (Wildman–Crippen LogP) is 4.22. The largest absolute Gasteiger partial charge is 0.262 e. The summed E-state index contributed by atoms with van der Waals surface area (Å²) in [5.41, 5.74) is 7.85. The van der Waals surface area contributed by atoms with Crippen LogP contribution in [0.1, 0.15) is 5.69 Å². The van der Waals surface area contributed by atoms with Crippen molar-refractivity contribution in [3.05, 3.63) is 159 Å². The van der Waals surface area contributed by atoms with Gasteiger partial charge in [-0.1, -0.05) is 20.9 Å². The van der Waals surface area contributed by atoms with Gasteiger partial charge in [-0.2, -0.15) is 14.0 Å². The summed E-state index contributed by atoms with van der Waals surface area (Å²) in [7, 11) is 0. The van der Waals surface area contributed by atoms with E-state index in [1.165, 1.54) is 15.4 Å². The second kappa shape index (κ2) is 17.8. The summed E-state index contributed by atoms with van der Waals surface area (Å²) in [6.45, 7) is 1.86. The van der Waals surface area contributed by atoms with Crippen molar-refractivity contribution in [2.24, 2.45) is 0 Å². The number of nitrogens with zero attached hydrogens (tertiary/aromatic N) is 22. The first-order chi connectivity index (χ1) is 31.0. The minimum absolute atomic E-state index is 0.277. The molecular formula is C39H26F2N22. The highest BCUT2D eigenvalue weighted by Gasteiger charge is 2.11. The minimum Gasteiger partial charge on any atom is -0.262 e. The van der Waals surface area contributed by atoms with Gasteiger partial charge >= 0.3 is 0 Å². The van der Waals surface area contributed by atoms with Gasteiger partial charge in [-0.05, 0) is 61.5 Å². The Balaban J connectivity index is 0.000000107. The van der Waals surface area contributed by atoms with Crippen molar-refractivity contribution in [3.63, 3.8) is 0 Å². The van der Waals surface area contributed by atoms with Crippen LogP contribution in [0, 0.1) is 18.6 Å². The molecule has 12 heterocycles. The summed E-state index contributed by atoms with van der Waals surface area (Å²) in [6, 6.07) is 15.7. The lowest BCUT2D eigenvalue weighted by atomic mass is 10.3. The molecule has 0 aliphatic heterocycles. The molecule has 0 saturated heterocycles. The molecule has 0 N–H and O–H groups in total. The molecule has 22 nitrogen and oxygen atoms in total. The lowest BCUT2D eigenvalue weighted by Crippen LogP contribution is -2.03. The van der Waals surface area contributed by atoms with Gasteiger partial charge in [0.2, 0.25) is 0 Å². The van der Waals surface area contributed by atoms with Crippen LogP contribution in [0.15, 0.2) is 141 Å². The topological polar surface area (TPSA) is 252 Å². The summed E-state index contributed by atoms with van der Waals surface area (Å²) in [6.07, 6.45) is 21.7. The fourth-order valence-corrected chi connectivity index (χ4v) is 5.70. The smallest absolute Gasteiger partial charge is 0.252 e. The molecule has 0 unspecified atom stereocenters. The van der Waals surface area contributed by atoms with Crippen molar-refractivity contribution < 1.29 is 8.78 Å². The van der Waals surface area contributed by atoms with E-state index in [4.69, 9.17) is 0 Å². The number of pyridine rings is 6. The number of fused-ring (bicyclic) bond motifs is 4. The van der Waals surface area contributed by atoms with Crippen LogP contribution in [0.5, 0.6) is 0 Å². The second-order valence-electron chi connectivity index (χ2n) is 12.7. The molecule has 0 aliphatic rings. The minimum atomic E-state index is -0.490.